The van der Waals surface area contributed by atoms with Crippen molar-refractivity contribution in [1.82, 2.24) is 19.8 Å². The molecule has 0 spiro atoms. The van der Waals surface area contributed by atoms with Crippen LogP contribution in [0.3, 0.4) is 0 Å². The number of carbonyl (C=O) groups excluding carboxylic acids is 1. The second-order valence-electron chi connectivity index (χ2n) is 9.18. The number of ether oxygens (including phenoxy) is 1. The van der Waals surface area contributed by atoms with Gasteiger partial charge in [-0.1, -0.05) is 25.0 Å². The molecule has 6 nitrogen and oxygen atoms in total. The van der Waals surface area contributed by atoms with Crippen molar-refractivity contribution in [3.05, 3.63) is 82.9 Å². The number of aromatic nitrogens is 2. The molecule has 1 saturated carbocycles. The summed E-state index contributed by atoms with van der Waals surface area (Å²) < 4.78 is 7.15. The SMILES string of the molecule is COC(=O)c1cccc(-n2c(C)cc([C@@H]3[C@@H](c4ccccn4)NC(=S)N3C3CCCC3)c2C)c1. The second kappa shape index (κ2) is 9.22. The van der Waals surface area contributed by atoms with Gasteiger partial charge in [0, 0.05) is 29.3 Å². The molecule has 3 heterocycles. The number of benzene rings is 1. The maximum atomic E-state index is 12.1. The highest BCUT2D eigenvalue weighted by Crippen LogP contribution is 2.44. The Bertz CT molecular complexity index is 1220. The molecule has 1 aromatic carbocycles. The molecule has 7 heteroatoms. The van der Waals surface area contributed by atoms with Crippen LogP contribution in [0.25, 0.3) is 5.69 Å². The van der Waals surface area contributed by atoms with Gasteiger partial charge in [-0.05, 0) is 80.9 Å². The van der Waals surface area contributed by atoms with Crippen LogP contribution in [0.5, 0.6) is 0 Å². The molecule has 2 aliphatic rings. The number of hydrogen-bond acceptors (Lipinski definition) is 4. The number of esters is 1. The number of pyridine rings is 1. The number of thiocarbonyl (C=S) groups is 1. The van der Waals surface area contributed by atoms with E-state index in [2.05, 4.69) is 45.7 Å². The Morgan fingerprint density at radius 1 is 1.12 bits per heavy atom. The minimum absolute atomic E-state index is 0.0235. The summed E-state index contributed by atoms with van der Waals surface area (Å²) in [4.78, 5) is 19.3. The number of methoxy groups -OCH3 is 1. The molecular weight excluding hydrogens is 444 g/mol. The summed E-state index contributed by atoms with van der Waals surface area (Å²) in [6, 6.07) is 16.4. The molecular formula is C27H30N4O2S. The van der Waals surface area contributed by atoms with Crippen molar-refractivity contribution >= 4 is 23.3 Å². The molecule has 0 unspecified atom stereocenters. The minimum atomic E-state index is -0.336. The first kappa shape index (κ1) is 22.6. The Labute approximate surface area is 205 Å². The average Bonchev–Trinajstić information content (AvgIpc) is 3.56. The lowest BCUT2D eigenvalue weighted by Crippen LogP contribution is -2.37. The van der Waals surface area contributed by atoms with E-state index in [0.29, 0.717) is 11.6 Å². The van der Waals surface area contributed by atoms with Crippen molar-refractivity contribution < 1.29 is 9.53 Å². The van der Waals surface area contributed by atoms with Gasteiger partial charge >= 0.3 is 5.97 Å². The summed E-state index contributed by atoms with van der Waals surface area (Å²) in [5.74, 6) is -0.336. The lowest BCUT2D eigenvalue weighted by Gasteiger charge is -2.33. The van der Waals surface area contributed by atoms with Gasteiger partial charge in [0.05, 0.1) is 30.5 Å². The molecule has 2 fully saturated rings. The van der Waals surface area contributed by atoms with E-state index in [9.17, 15) is 4.79 Å². The lowest BCUT2D eigenvalue weighted by atomic mass is 9.95. The molecule has 1 N–H and O–H groups in total. The van der Waals surface area contributed by atoms with Gasteiger partial charge < -0.3 is 19.5 Å². The summed E-state index contributed by atoms with van der Waals surface area (Å²) in [6.07, 6.45) is 6.64. The van der Waals surface area contributed by atoms with Crippen LogP contribution in [0.1, 0.15) is 70.8 Å². The quantitative estimate of drug-likeness (QED) is 0.406. The monoisotopic (exact) mass is 474 g/mol. The van der Waals surface area contributed by atoms with E-state index in [1.165, 1.54) is 25.5 Å². The zero-order chi connectivity index (χ0) is 23.8. The van der Waals surface area contributed by atoms with E-state index in [1.807, 2.05) is 36.5 Å². The van der Waals surface area contributed by atoms with E-state index in [0.717, 1.165) is 40.7 Å². The van der Waals surface area contributed by atoms with Crippen molar-refractivity contribution in [2.24, 2.45) is 0 Å². The largest absolute Gasteiger partial charge is 0.465 e. The molecule has 1 aliphatic heterocycles. The van der Waals surface area contributed by atoms with Crippen LogP contribution < -0.4 is 5.32 Å². The van der Waals surface area contributed by atoms with Gasteiger partial charge in [-0.3, -0.25) is 4.98 Å². The van der Waals surface area contributed by atoms with Crippen LogP contribution in [0.15, 0.2) is 54.7 Å². The van der Waals surface area contributed by atoms with E-state index >= 15 is 0 Å². The third-order valence-corrected chi connectivity index (χ3v) is 7.50. The number of rotatable bonds is 5. The van der Waals surface area contributed by atoms with E-state index in [1.54, 1.807) is 6.07 Å². The van der Waals surface area contributed by atoms with Gasteiger partial charge in [-0.2, -0.15) is 0 Å². The molecule has 176 valence electrons. The van der Waals surface area contributed by atoms with E-state index in [-0.39, 0.29) is 18.1 Å². The first-order chi connectivity index (χ1) is 16.5. The summed E-state index contributed by atoms with van der Waals surface area (Å²) in [5.41, 5.74) is 5.96. The third-order valence-electron chi connectivity index (χ3n) is 7.17. The summed E-state index contributed by atoms with van der Waals surface area (Å²) in [6.45, 7) is 4.26. The highest BCUT2D eigenvalue weighted by molar-refractivity contribution is 7.80. The van der Waals surface area contributed by atoms with Crippen LogP contribution in [-0.2, 0) is 4.74 Å². The van der Waals surface area contributed by atoms with Crippen molar-refractivity contribution in [2.45, 2.75) is 57.7 Å². The zero-order valence-electron chi connectivity index (χ0n) is 19.8. The van der Waals surface area contributed by atoms with Gasteiger partial charge in [0.25, 0.3) is 0 Å². The van der Waals surface area contributed by atoms with Crippen LogP contribution in [0.4, 0.5) is 0 Å². The molecule has 0 bridgehead atoms. The number of hydrogen-bond donors (Lipinski definition) is 1. The van der Waals surface area contributed by atoms with Gasteiger partial charge in [-0.15, -0.1) is 0 Å². The maximum absolute atomic E-state index is 12.1. The molecule has 0 radical (unpaired) electrons. The molecule has 1 aliphatic carbocycles. The predicted molar refractivity (Wildman–Crippen MR) is 136 cm³/mol. The Morgan fingerprint density at radius 3 is 2.62 bits per heavy atom. The summed E-state index contributed by atoms with van der Waals surface area (Å²) in [5, 5.41) is 4.41. The Kier molecular flexibility index (Phi) is 6.13. The van der Waals surface area contributed by atoms with Crippen molar-refractivity contribution in [1.29, 1.82) is 0 Å². The minimum Gasteiger partial charge on any atom is -0.465 e. The highest BCUT2D eigenvalue weighted by Gasteiger charge is 2.44. The Balaban J connectivity index is 1.62. The van der Waals surface area contributed by atoms with Crippen LogP contribution >= 0.6 is 12.2 Å². The number of aryl methyl sites for hydroxylation is 1. The van der Waals surface area contributed by atoms with E-state index in [4.69, 9.17) is 17.0 Å². The van der Waals surface area contributed by atoms with Gasteiger partial charge in [-0.25, -0.2) is 4.79 Å². The van der Waals surface area contributed by atoms with E-state index < -0.39 is 0 Å². The smallest absolute Gasteiger partial charge is 0.337 e. The highest BCUT2D eigenvalue weighted by atomic mass is 32.1. The van der Waals surface area contributed by atoms with Crippen LogP contribution in [-0.4, -0.2) is 38.7 Å². The fourth-order valence-corrected chi connectivity index (χ4v) is 6.04. The number of nitrogens with one attached hydrogen (secondary N) is 1. The molecule has 0 amide bonds. The second-order valence-corrected chi connectivity index (χ2v) is 9.56. The maximum Gasteiger partial charge on any atom is 0.337 e. The fourth-order valence-electron chi connectivity index (χ4n) is 5.65. The topological polar surface area (TPSA) is 59.4 Å². The number of nitrogens with zero attached hydrogens (tertiary/aromatic N) is 3. The Hall–Kier alpha value is -3.19. The van der Waals surface area contributed by atoms with Crippen LogP contribution in [0, 0.1) is 13.8 Å². The molecule has 1 saturated heterocycles. The average molecular weight is 475 g/mol. The fraction of sp³-hybridized carbons (Fsp3) is 0.370. The molecule has 2 aromatic heterocycles. The molecule has 3 aromatic rings. The third kappa shape index (κ3) is 3.88. The summed E-state index contributed by atoms with van der Waals surface area (Å²) in [7, 11) is 1.41. The van der Waals surface area contributed by atoms with Crippen molar-refractivity contribution in [2.75, 3.05) is 7.11 Å². The first-order valence-electron chi connectivity index (χ1n) is 11.9. The van der Waals surface area contributed by atoms with Crippen LogP contribution in [0.2, 0.25) is 0 Å². The first-order valence-corrected chi connectivity index (χ1v) is 12.3. The Morgan fingerprint density at radius 2 is 1.91 bits per heavy atom. The molecule has 5 rings (SSSR count). The van der Waals surface area contributed by atoms with Crippen molar-refractivity contribution in [3.63, 3.8) is 0 Å². The molecule has 34 heavy (non-hydrogen) atoms. The zero-order valence-corrected chi connectivity index (χ0v) is 20.6. The standard InChI is InChI=1S/C27H30N4O2S/c1-17-15-22(18(2)30(17)21-12-8-9-19(16-21)26(32)33-3)25-24(23-13-6-7-14-28-23)29-27(34)31(25)20-10-4-5-11-20/h6-9,12-16,20,24-25H,4-5,10-11H2,1-3H3,(H,29,34)/t24-,25-/m1/s1. The summed E-state index contributed by atoms with van der Waals surface area (Å²) >= 11 is 5.90. The van der Waals surface area contributed by atoms with Gasteiger partial charge in [0.2, 0.25) is 0 Å². The molecule has 2 atom stereocenters. The normalized spacial score (nSPS) is 20.6. The predicted octanol–water partition coefficient (Wildman–Crippen LogP) is 5.19. The lowest BCUT2D eigenvalue weighted by molar-refractivity contribution is 0.0600. The van der Waals surface area contributed by atoms with Gasteiger partial charge in [0.15, 0.2) is 5.11 Å². The van der Waals surface area contributed by atoms with Crippen molar-refractivity contribution in [3.8, 4) is 5.69 Å². The van der Waals surface area contributed by atoms with Gasteiger partial charge in [0.1, 0.15) is 0 Å². The number of carbonyl (C=O) groups is 1.